The number of amides is 2. The normalized spacial score (nSPS) is 14.7. The van der Waals surface area contributed by atoms with Gasteiger partial charge in [-0.1, -0.05) is 66.0 Å². The molecule has 4 unspecified atom stereocenters. The molecule has 4 atom stereocenters. The summed E-state index contributed by atoms with van der Waals surface area (Å²) < 4.78 is 0. The van der Waals surface area contributed by atoms with Crippen molar-refractivity contribution in [2.75, 3.05) is 0 Å². The lowest BCUT2D eigenvalue weighted by Gasteiger charge is -2.20. The number of aliphatic hydroxyl groups excluding tert-OH is 2. The number of carbonyl (C=O) groups excluding carboxylic acids is 3. The Morgan fingerprint density at radius 3 is 1.58 bits per heavy atom. The van der Waals surface area contributed by atoms with Crippen molar-refractivity contribution in [3.63, 3.8) is 0 Å². The molecule has 0 aromatic carbocycles. The number of rotatable bonds is 16. The first kappa shape index (κ1) is 31.5. The highest BCUT2D eigenvalue weighted by Gasteiger charge is 2.18. The van der Waals surface area contributed by atoms with Crippen LogP contribution in [0.3, 0.4) is 0 Å². The maximum Gasteiger partial charge on any atom is 0.220 e. The minimum Gasteiger partial charge on any atom is -0.387 e. The molecule has 0 aromatic rings. The van der Waals surface area contributed by atoms with E-state index in [0.29, 0.717) is 25.5 Å². The molecule has 0 saturated heterocycles. The van der Waals surface area contributed by atoms with Gasteiger partial charge in [0.1, 0.15) is 6.10 Å². The molecule has 0 aliphatic rings. The summed E-state index contributed by atoms with van der Waals surface area (Å²) in [5, 5.41) is 24.6. The van der Waals surface area contributed by atoms with E-state index in [0.717, 1.165) is 44.9 Å². The van der Waals surface area contributed by atoms with Gasteiger partial charge in [-0.3, -0.25) is 9.59 Å². The smallest absolute Gasteiger partial charge is 0.220 e. The summed E-state index contributed by atoms with van der Waals surface area (Å²) in [5.41, 5.74) is 0. The van der Waals surface area contributed by atoms with Crippen molar-refractivity contribution in [1.29, 1.82) is 0 Å². The number of allylic oxidation sites excluding steroid dienone is 1. The molecular weight excluding hydrogens is 396 g/mol. The molecule has 0 rings (SSSR count). The fraction of sp³-hybridized carbons (Fsp3) is 0.792. The van der Waals surface area contributed by atoms with Crippen molar-refractivity contribution in [2.45, 2.75) is 123 Å². The Bertz CT molecular complexity index is 496. The predicted octanol–water partition coefficient (Wildman–Crippen LogP) is 3.42. The van der Waals surface area contributed by atoms with Crippen molar-refractivity contribution in [2.24, 2.45) is 0 Å². The number of unbranched alkanes of at least 4 members (excludes halogenated alkanes) is 3. The van der Waals surface area contributed by atoms with E-state index in [4.69, 9.17) is 0 Å². The van der Waals surface area contributed by atoms with E-state index in [9.17, 15) is 24.6 Å². The molecule has 2 amide bonds. The lowest BCUT2D eigenvalue weighted by molar-refractivity contribution is -0.124. The molecule has 0 aliphatic carbocycles. The summed E-state index contributed by atoms with van der Waals surface area (Å²) in [6, 6.07) is -0.607. The molecule has 0 aliphatic heterocycles. The zero-order chi connectivity index (χ0) is 24.1. The van der Waals surface area contributed by atoms with Gasteiger partial charge in [-0.2, -0.15) is 0 Å². The van der Waals surface area contributed by atoms with Crippen molar-refractivity contribution in [1.82, 2.24) is 10.6 Å². The molecule has 4 N–H and O–H groups in total. The largest absolute Gasteiger partial charge is 0.387 e. The van der Waals surface area contributed by atoms with E-state index in [1.165, 1.54) is 0 Å². The first-order valence-corrected chi connectivity index (χ1v) is 11.9. The molecule has 7 nitrogen and oxygen atoms in total. The van der Waals surface area contributed by atoms with Gasteiger partial charge in [-0.05, 0) is 32.1 Å². The zero-order valence-electron chi connectivity index (χ0n) is 20.2. The van der Waals surface area contributed by atoms with Gasteiger partial charge in [0.15, 0.2) is 6.29 Å². The van der Waals surface area contributed by atoms with Crippen LogP contribution >= 0.6 is 0 Å². The molecular formula is C24H46N2O5. The van der Waals surface area contributed by atoms with Crippen LogP contribution < -0.4 is 10.6 Å². The highest BCUT2D eigenvalue weighted by atomic mass is 16.3. The summed E-state index contributed by atoms with van der Waals surface area (Å²) in [5.74, 6) is -0.0544. The number of aldehydes is 1. The van der Waals surface area contributed by atoms with Gasteiger partial charge in [0.25, 0.3) is 0 Å². The Morgan fingerprint density at radius 2 is 1.23 bits per heavy atom. The molecule has 0 radical (unpaired) electrons. The van der Waals surface area contributed by atoms with E-state index in [1.807, 2.05) is 26.8 Å². The third kappa shape index (κ3) is 17.6. The van der Waals surface area contributed by atoms with E-state index >= 15 is 0 Å². The van der Waals surface area contributed by atoms with Crippen LogP contribution in [-0.4, -0.2) is 52.6 Å². The first-order valence-electron chi connectivity index (χ1n) is 11.9. The second kappa shape index (κ2) is 21.5. The quantitative estimate of drug-likeness (QED) is 0.216. The molecule has 0 bridgehead atoms. The van der Waals surface area contributed by atoms with Crippen molar-refractivity contribution in [3.05, 3.63) is 12.2 Å². The lowest BCUT2D eigenvalue weighted by atomic mass is 10.1. The summed E-state index contributed by atoms with van der Waals surface area (Å²) >= 11 is 0. The average molecular weight is 443 g/mol. The average Bonchev–Trinajstić information content (AvgIpc) is 2.78. The third-order valence-corrected chi connectivity index (χ3v) is 4.84. The minimum atomic E-state index is -1.09. The Morgan fingerprint density at radius 1 is 0.774 bits per heavy atom. The van der Waals surface area contributed by atoms with Gasteiger partial charge in [0, 0.05) is 12.8 Å². The standard InChI is InChI=1S/C14H27NO2.C10H19NO3/c1-4-7-9-10-13(16)12(6-3)15-14(17)11-8-5-2;1-3-5-6-10(14)11-8(4-2)9(13)7-12/h9-10,12-13,16H,4-8,11H2,1-3H3,(H,15,17);7-9,13H,3-6H2,1-2H3,(H,11,14)/b10-9+;. The van der Waals surface area contributed by atoms with Crippen LogP contribution in [0.5, 0.6) is 0 Å². The minimum absolute atomic E-state index is 0.0432. The van der Waals surface area contributed by atoms with Gasteiger partial charge >= 0.3 is 0 Å². The van der Waals surface area contributed by atoms with Crippen LogP contribution in [0.25, 0.3) is 0 Å². The molecule has 7 heteroatoms. The predicted molar refractivity (Wildman–Crippen MR) is 126 cm³/mol. The lowest BCUT2D eigenvalue weighted by Crippen LogP contribution is -2.43. The van der Waals surface area contributed by atoms with E-state index in [-0.39, 0.29) is 17.9 Å². The van der Waals surface area contributed by atoms with Crippen LogP contribution in [0.2, 0.25) is 0 Å². The Balaban J connectivity index is 0. The van der Waals surface area contributed by atoms with E-state index in [2.05, 4.69) is 24.5 Å². The van der Waals surface area contributed by atoms with Crippen molar-refractivity contribution >= 4 is 18.1 Å². The summed E-state index contributed by atoms with van der Waals surface area (Å²) in [4.78, 5) is 33.1. The SMILES string of the molecule is CCC/C=C/C(O)C(CC)NC(=O)CCCC.CCCCC(=O)NC(CC)C(O)C=O. The summed E-state index contributed by atoms with van der Waals surface area (Å²) in [6.07, 6.45) is 10.6. The van der Waals surface area contributed by atoms with Gasteiger partial charge in [0.2, 0.25) is 11.8 Å². The maximum absolute atomic E-state index is 11.6. The molecule has 31 heavy (non-hydrogen) atoms. The van der Waals surface area contributed by atoms with Gasteiger partial charge in [-0.15, -0.1) is 0 Å². The van der Waals surface area contributed by atoms with E-state index in [1.54, 1.807) is 6.08 Å². The van der Waals surface area contributed by atoms with Crippen molar-refractivity contribution in [3.8, 4) is 0 Å². The van der Waals surface area contributed by atoms with Gasteiger partial charge < -0.3 is 25.6 Å². The summed E-state index contributed by atoms with van der Waals surface area (Å²) in [7, 11) is 0. The van der Waals surface area contributed by atoms with Crippen LogP contribution in [-0.2, 0) is 14.4 Å². The second-order valence-electron chi connectivity index (χ2n) is 7.71. The van der Waals surface area contributed by atoms with E-state index < -0.39 is 18.2 Å². The molecule has 0 spiro atoms. The Hall–Kier alpha value is -1.73. The fourth-order valence-corrected chi connectivity index (χ4v) is 2.72. The maximum atomic E-state index is 11.6. The zero-order valence-corrected chi connectivity index (χ0v) is 20.2. The number of hydrogen-bond acceptors (Lipinski definition) is 5. The molecule has 182 valence electrons. The fourth-order valence-electron chi connectivity index (χ4n) is 2.72. The summed E-state index contributed by atoms with van der Waals surface area (Å²) in [6.45, 7) is 9.96. The third-order valence-electron chi connectivity index (χ3n) is 4.84. The highest BCUT2D eigenvalue weighted by molar-refractivity contribution is 5.77. The molecule has 0 heterocycles. The number of aliphatic hydroxyl groups is 2. The van der Waals surface area contributed by atoms with Gasteiger partial charge in [-0.25, -0.2) is 0 Å². The topological polar surface area (TPSA) is 116 Å². The second-order valence-corrected chi connectivity index (χ2v) is 7.71. The molecule has 0 saturated carbocycles. The van der Waals surface area contributed by atoms with Crippen LogP contribution in [0, 0.1) is 0 Å². The van der Waals surface area contributed by atoms with Crippen LogP contribution in [0.1, 0.15) is 98.8 Å². The monoisotopic (exact) mass is 442 g/mol. The molecule has 0 fully saturated rings. The van der Waals surface area contributed by atoms with Gasteiger partial charge in [0.05, 0.1) is 18.2 Å². The number of nitrogens with one attached hydrogen (secondary N) is 2. The first-order chi connectivity index (χ1) is 14.8. The number of hydrogen-bond donors (Lipinski definition) is 4. The Kier molecular flexibility index (Phi) is 21.8. The Labute approximate surface area is 189 Å². The number of carbonyl (C=O) groups is 3. The van der Waals surface area contributed by atoms with Crippen LogP contribution in [0.4, 0.5) is 0 Å². The highest BCUT2D eigenvalue weighted by Crippen LogP contribution is 2.04. The molecule has 0 aromatic heterocycles. The van der Waals surface area contributed by atoms with Crippen molar-refractivity contribution < 1.29 is 24.6 Å². The van der Waals surface area contributed by atoms with Crippen LogP contribution in [0.15, 0.2) is 12.2 Å².